The van der Waals surface area contributed by atoms with Gasteiger partial charge in [0.25, 0.3) is 11.8 Å². The van der Waals surface area contributed by atoms with Gasteiger partial charge in [-0.05, 0) is 37.3 Å². The zero-order valence-corrected chi connectivity index (χ0v) is 13.4. The number of carbonyl (C=O) groups excluding carboxylic acids is 2. The van der Waals surface area contributed by atoms with Gasteiger partial charge in [-0.25, -0.2) is 9.37 Å². The highest BCUT2D eigenvalue weighted by molar-refractivity contribution is 5.95. The van der Waals surface area contributed by atoms with E-state index in [0.717, 1.165) is 5.69 Å². The van der Waals surface area contributed by atoms with E-state index < -0.39 is 5.82 Å². The summed E-state index contributed by atoms with van der Waals surface area (Å²) < 4.78 is 13.3. The molecule has 1 fully saturated rings. The Morgan fingerprint density at radius 3 is 2.21 bits per heavy atom. The molecule has 6 heteroatoms. The molecule has 0 aliphatic carbocycles. The van der Waals surface area contributed by atoms with E-state index in [9.17, 15) is 14.0 Å². The molecule has 1 aliphatic heterocycles. The molecule has 3 rings (SSSR count). The van der Waals surface area contributed by atoms with Gasteiger partial charge in [-0.15, -0.1) is 0 Å². The second kappa shape index (κ2) is 6.78. The molecule has 1 aliphatic rings. The number of halogens is 1. The lowest BCUT2D eigenvalue weighted by molar-refractivity contribution is 0.0532. The summed E-state index contributed by atoms with van der Waals surface area (Å²) in [5.41, 5.74) is 1.54. The second-order valence-corrected chi connectivity index (χ2v) is 5.76. The lowest BCUT2D eigenvalue weighted by atomic mass is 10.1. The third kappa shape index (κ3) is 3.42. The average molecular weight is 327 g/mol. The summed E-state index contributed by atoms with van der Waals surface area (Å²) in [6.07, 6.45) is 0. The van der Waals surface area contributed by atoms with Crippen LogP contribution in [0.1, 0.15) is 26.5 Å². The van der Waals surface area contributed by atoms with Crippen molar-refractivity contribution < 1.29 is 14.0 Å². The first-order valence-electron chi connectivity index (χ1n) is 7.82. The predicted molar refractivity (Wildman–Crippen MR) is 87.2 cm³/mol. The van der Waals surface area contributed by atoms with Crippen LogP contribution < -0.4 is 0 Å². The van der Waals surface area contributed by atoms with E-state index in [1.807, 2.05) is 13.0 Å². The Kier molecular flexibility index (Phi) is 4.55. The SMILES string of the molecule is Cc1cccc(C(=O)N2CCN(C(=O)c3cccc(F)c3)CC2)n1. The summed E-state index contributed by atoms with van der Waals surface area (Å²) in [5, 5.41) is 0. The third-order valence-corrected chi connectivity index (χ3v) is 4.03. The van der Waals surface area contributed by atoms with Gasteiger partial charge >= 0.3 is 0 Å². The number of hydrogen-bond acceptors (Lipinski definition) is 3. The summed E-state index contributed by atoms with van der Waals surface area (Å²) in [7, 11) is 0. The zero-order valence-electron chi connectivity index (χ0n) is 13.4. The van der Waals surface area contributed by atoms with E-state index in [0.29, 0.717) is 37.4 Å². The molecular formula is C18H18FN3O2. The molecule has 0 atom stereocenters. The van der Waals surface area contributed by atoms with Gasteiger partial charge < -0.3 is 9.80 Å². The van der Waals surface area contributed by atoms with Gasteiger partial charge in [-0.2, -0.15) is 0 Å². The highest BCUT2D eigenvalue weighted by Crippen LogP contribution is 2.12. The zero-order chi connectivity index (χ0) is 17.1. The van der Waals surface area contributed by atoms with Crippen LogP contribution >= 0.6 is 0 Å². The first-order chi connectivity index (χ1) is 11.5. The van der Waals surface area contributed by atoms with Gasteiger partial charge in [-0.1, -0.05) is 12.1 Å². The molecule has 0 N–H and O–H groups in total. The average Bonchev–Trinajstić information content (AvgIpc) is 2.60. The molecule has 0 spiro atoms. The molecule has 0 saturated carbocycles. The van der Waals surface area contributed by atoms with Crippen molar-refractivity contribution >= 4 is 11.8 Å². The van der Waals surface area contributed by atoms with Gasteiger partial charge in [0.05, 0.1) is 0 Å². The molecule has 2 amide bonds. The molecule has 124 valence electrons. The number of pyridine rings is 1. The summed E-state index contributed by atoms with van der Waals surface area (Å²) in [5.74, 6) is -0.771. The smallest absolute Gasteiger partial charge is 0.272 e. The fourth-order valence-electron chi connectivity index (χ4n) is 2.74. The summed E-state index contributed by atoms with van der Waals surface area (Å²) in [4.78, 5) is 32.4. The van der Waals surface area contributed by atoms with Crippen LogP contribution in [-0.2, 0) is 0 Å². The molecule has 2 heterocycles. The van der Waals surface area contributed by atoms with Crippen molar-refractivity contribution in [1.82, 2.24) is 14.8 Å². The van der Waals surface area contributed by atoms with Gasteiger partial charge in [-0.3, -0.25) is 9.59 Å². The normalized spacial score (nSPS) is 14.6. The number of aryl methyl sites for hydroxylation is 1. The van der Waals surface area contributed by atoms with E-state index in [1.165, 1.54) is 18.2 Å². The molecule has 1 aromatic carbocycles. The van der Waals surface area contributed by atoms with Crippen molar-refractivity contribution in [3.8, 4) is 0 Å². The topological polar surface area (TPSA) is 53.5 Å². The first kappa shape index (κ1) is 16.1. The Hall–Kier alpha value is -2.76. The third-order valence-electron chi connectivity index (χ3n) is 4.03. The van der Waals surface area contributed by atoms with Crippen LogP contribution in [0.15, 0.2) is 42.5 Å². The predicted octanol–water partition coefficient (Wildman–Crippen LogP) is 2.13. The van der Waals surface area contributed by atoms with Crippen molar-refractivity contribution in [2.45, 2.75) is 6.92 Å². The molecule has 1 aromatic heterocycles. The molecule has 0 unspecified atom stereocenters. The molecule has 24 heavy (non-hydrogen) atoms. The maximum absolute atomic E-state index is 13.3. The van der Waals surface area contributed by atoms with Crippen LogP contribution in [0.5, 0.6) is 0 Å². The van der Waals surface area contributed by atoms with Crippen LogP contribution in [0.3, 0.4) is 0 Å². The fraction of sp³-hybridized carbons (Fsp3) is 0.278. The Labute approximate surface area is 139 Å². The maximum Gasteiger partial charge on any atom is 0.272 e. The van der Waals surface area contributed by atoms with Crippen molar-refractivity contribution in [1.29, 1.82) is 0 Å². The standard InChI is InChI=1S/C18H18FN3O2/c1-13-4-2-7-16(20-13)18(24)22-10-8-21(9-11-22)17(23)14-5-3-6-15(19)12-14/h2-7,12H,8-11H2,1H3. The monoisotopic (exact) mass is 327 g/mol. The number of nitrogens with zero attached hydrogens (tertiary/aromatic N) is 3. The molecule has 0 radical (unpaired) electrons. The lowest BCUT2D eigenvalue weighted by Crippen LogP contribution is -2.50. The number of piperazine rings is 1. The number of rotatable bonds is 2. The number of benzene rings is 1. The second-order valence-electron chi connectivity index (χ2n) is 5.76. The highest BCUT2D eigenvalue weighted by atomic mass is 19.1. The highest BCUT2D eigenvalue weighted by Gasteiger charge is 2.26. The van der Waals surface area contributed by atoms with Crippen molar-refractivity contribution in [2.24, 2.45) is 0 Å². The molecular weight excluding hydrogens is 309 g/mol. The van der Waals surface area contributed by atoms with E-state index in [2.05, 4.69) is 4.98 Å². The van der Waals surface area contributed by atoms with Crippen LogP contribution in [0.4, 0.5) is 4.39 Å². The van der Waals surface area contributed by atoms with Gasteiger partial charge in [0, 0.05) is 37.4 Å². The fourth-order valence-corrected chi connectivity index (χ4v) is 2.74. The van der Waals surface area contributed by atoms with E-state index >= 15 is 0 Å². The summed E-state index contributed by atoms with van der Waals surface area (Å²) in [6, 6.07) is 11.0. The van der Waals surface area contributed by atoms with Crippen molar-refractivity contribution in [2.75, 3.05) is 26.2 Å². The van der Waals surface area contributed by atoms with Gasteiger partial charge in [0.1, 0.15) is 11.5 Å². The van der Waals surface area contributed by atoms with Crippen LogP contribution in [0, 0.1) is 12.7 Å². The number of hydrogen-bond donors (Lipinski definition) is 0. The van der Waals surface area contributed by atoms with Gasteiger partial charge in [0.2, 0.25) is 0 Å². The van der Waals surface area contributed by atoms with E-state index in [-0.39, 0.29) is 11.8 Å². The van der Waals surface area contributed by atoms with Crippen LogP contribution in [0.25, 0.3) is 0 Å². The van der Waals surface area contributed by atoms with Crippen LogP contribution in [0.2, 0.25) is 0 Å². The van der Waals surface area contributed by atoms with Crippen molar-refractivity contribution in [3.05, 3.63) is 65.2 Å². The van der Waals surface area contributed by atoms with Gasteiger partial charge in [0.15, 0.2) is 0 Å². The summed E-state index contributed by atoms with van der Waals surface area (Å²) >= 11 is 0. The number of amides is 2. The minimum Gasteiger partial charge on any atom is -0.335 e. The molecule has 0 bridgehead atoms. The Bertz CT molecular complexity index is 705. The Morgan fingerprint density at radius 1 is 0.958 bits per heavy atom. The first-order valence-corrected chi connectivity index (χ1v) is 7.82. The molecule has 1 saturated heterocycles. The minimum atomic E-state index is -0.430. The lowest BCUT2D eigenvalue weighted by Gasteiger charge is -2.34. The largest absolute Gasteiger partial charge is 0.335 e. The quantitative estimate of drug-likeness (QED) is 0.849. The number of carbonyl (C=O) groups is 2. The number of aromatic nitrogens is 1. The van der Waals surface area contributed by atoms with E-state index in [1.54, 1.807) is 28.0 Å². The molecule has 5 nitrogen and oxygen atoms in total. The Balaban J connectivity index is 1.63. The summed E-state index contributed by atoms with van der Waals surface area (Å²) in [6.45, 7) is 3.57. The Morgan fingerprint density at radius 2 is 1.58 bits per heavy atom. The minimum absolute atomic E-state index is 0.128. The molecule has 2 aromatic rings. The van der Waals surface area contributed by atoms with E-state index in [4.69, 9.17) is 0 Å². The van der Waals surface area contributed by atoms with Crippen LogP contribution in [-0.4, -0.2) is 52.8 Å². The maximum atomic E-state index is 13.3. The van der Waals surface area contributed by atoms with Crippen molar-refractivity contribution in [3.63, 3.8) is 0 Å².